The van der Waals surface area contributed by atoms with Gasteiger partial charge in [0, 0.05) is 37.1 Å². The molecule has 11 nitrogen and oxygen atoms in total. The molecular formula is C32H43N3O8. The molecule has 0 aromatic heterocycles. The van der Waals surface area contributed by atoms with Crippen LogP contribution < -0.4 is 10.8 Å². The summed E-state index contributed by atoms with van der Waals surface area (Å²) in [5, 5.41) is 21.0. The number of esters is 1. The Kier molecular flexibility index (Phi) is 11.3. The summed E-state index contributed by atoms with van der Waals surface area (Å²) in [7, 11) is 0. The highest BCUT2D eigenvalue weighted by atomic mass is 16.7. The van der Waals surface area contributed by atoms with E-state index in [4.69, 9.17) is 19.4 Å². The fraction of sp³-hybridized carbons (Fsp3) is 0.531. The second-order valence-corrected chi connectivity index (χ2v) is 12.1. The number of hydrogen-bond acceptors (Lipinski definition) is 9. The van der Waals surface area contributed by atoms with Gasteiger partial charge in [-0.3, -0.25) is 24.5 Å². The number of amides is 2. The molecule has 43 heavy (non-hydrogen) atoms. The molecule has 11 heteroatoms. The normalized spacial score (nSPS) is 22.6. The van der Waals surface area contributed by atoms with Crippen LogP contribution in [0.2, 0.25) is 0 Å². The third kappa shape index (κ3) is 9.57. The van der Waals surface area contributed by atoms with Gasteiger partial charge in [0.25, 0.3) is 0 Å². The van der Waals surface area contributed by atoms with Gasteiger partial charge in [0.1, 0.15) is 11.6 Å². The lowest BCUT2D eigenvalue weighted by molar-refractivity contribution is -0.253. The first-order chi connectivity index (χ1) is 20.5. The van der Waals surface area contributed by atoms with Crippen molar-refractivity contribution >= 4 is 23.5 Å². The summed E-state index contributed by atoms with van der Waals surface area (Å²) in [4.78, 5) is 38.8. The van der Waals surface area contributed by atoms with Crippen molar-refractivity contribution in [3.8, 4) is 0 Å². The predicted molar refractivity (Wildman–Crippen MR) is 158 cm³/mol. The molecule has 0 saturated carbocycles. The number of anilines is 1. The van der Waals surface area contributed by atoms with Gasteiger partial charge in [-0.1, -0.05) is 36.4 Å². The van der Waals surface area contributed by atoms with E-state index in [9.17, 15) is 19.5 Å². The molecule has 0 bridgehead atoms. The largest absolute Gasteiger partial charge is 0.459 e. The highest BCUT2D eigenvalue weighted by Crippen LogP contribution is 2.39. The van der Waals surface area contributed by atoms with E-state index in [1.807, 2.05) is 57.2 Å². The molecule has 234 valence electrons. The van der Waals surface area contributed by atoms with E-state index in [-0.39, 0.29) is 49.6 Å². The number of aliphatic hydroxyl groups is 1. The van der Waals surface area contributed by atoms with E-state index in [2.05, 4.69) is 10.2 Å². The molecule has 2 aliphatic rings. The van der Waals surface area contributed by atoms with Gasteiger partial charge in [0.15, 0.2) is 6.29 Å². The Balaban J connectivity index is 1.49. The Hall–Kier alpha value is -3.35. The Labute approximate surface area is 252 Å². The molecule has 0 radical (unpaired) electrons. The minimum atomic E-state index is -0.728. The first-order valence-electron chi connectivity index (χ1n) is 14.8. The van der Waals surface area contributed by atoms with Crippen molar-refractivity contribution in [1.29, 1.82) is 0 Å². The number of carbonyl (C=O) groups is 3. The summed E-state index contributed by atoms with van der Waals surface area (Å²) >= 11 is 0. The molecule has 2 aliphatic heterocycles. The van der Waals surface area contributed by atoms with Crippen LogP contribution >= 0.6 is 0 Å². The van der Waals surface area contributed by atoms with Crippen LogP contribution in [0.4, 0.5) is 5.69 Å². The molecule has 2 heterocycles. The van der Waals surface area contributed by atoms with Gasteiger partial charge in [0.05, 0.1) is 18.8 Å². The van der Waals surface area contributed by atoms with Crippen molar-refractivity contribution in [3.05, 3.63) is 65.2 Å². The third-order valence-corrected chi connectivity index (χ3v) is 7.47. The maximum Gasteiger partial charge on any atom is 0.323 e. The van der Waals surface area contributed by atoms with Gasteiger partial charge in [-0.05, 0) is 69.8 Å². The maximum atomic E-state index is 13.0. The van der Waals surface area contributed by atoms with Crippen LogP contribution in [0.1, 0.15) is 88.4 Å². The fourth-order valence-corrected chi connectivity index (χ4v) is 5.43. The number of likely N-dealkylation sites (tertiary alicyclic amines) is 1. The first kappa shape index (κ1) is 32.6. The zero-order valence-electron chi connectivity index (χ0n) is 25.1. The summed E-state index contributed by atoms with van der Waals surface area (Å²) < 4.78 is 18.6. The standard InChI is InChI=1S/C32H43N3O8/c1-32(2,3)43-30(39)26-9-6-16-35(26)19-25-18-27(22-14-12-21(20-36)13-15-22)42-31(41-25)23-7-4-8-24(17-23)33-28(37)10-5-11-29(38)34-40/h4,7-8,12-15,17,25-27,31,36,40H,5-6,9-11,16,18-20H2,1-3H3,(H,33,37)(H,34,38). The van der Waals surface area contributed by atoms with Crippen LogP contribution in [0.25, 0.3) is 0 Å². The Morgan fingerprint density at radius 3 is 2.47 bits per heavy atom. The second kappa shape index (κ2) is 14.9. The summed E-state index contributed by atoms with van der Waals surface area (Å²) in [6.07, 6.45) is 1.40. The molecule has 2 fully saturated rings. The van der Waals surface area contributed by atoms with Crippen LogP contribution in [0, 0.1) is 0 Å². The van der Waals surface area contributed by atoms with E-state index in [0.29, 0.717) is 25.1 Å². The molecular weight excluding hydrogens is 554 g/mol. The van der Waals surface area contributed by atoms with Crippen LogP contribution in [0.3, 0.4) is 0 Å². The Bertz CT molecular complexity index is 1250. The quantitative estimate of drug-likeness (QED) is 0.170. The minimum Gasteiger partial charge on any atom is -0.459 e. The van der Waals surface area contributed by atoms with Crippen LogP contribution in [-0.4, -0.2) is 63.8 Å². The number of hydrogen-bond donors (Lipinski definition) is 4. The van der Waals surface area contributed by atoms with E-state index in [1.165, 1.54) is 0 Å². The van der Waals surface area contributed by atoms with Gasteiger partial charge in [-0.2, -0.15) is 0 Å². The highest BCUT2D eigenvalue weighted by Gasteiger charge is 2.39. The Morgan fingerprint density at radius 2 is 1.77 bits per heavy atom. The zero-order chi connectivity index (χ0) is 31.0. The molecule has 2 amide bonds. The van der Waals surface area contributed by atoms with E-state index >= 15 is 0 Å². The lowest BCUT2D eigenvalue weighted by Crippen LogP contribution is -2.45. The van der Waals surface area contributed by atoms with E-state index in [0.717, 1.165) is 36.1 Å². The van der Waals surface area contributed by atoms with Crippen LogP contribution in [-0.2, 0) is 35.2 Å². The number of aliphatic hydroxyl groups excluding tert-OH is 1. The van der Waals surface area contributed by atoms with Crippen molar-refractivity contribution < 1.29 is 38.9 Å². The van der Waals surface area contributed by atoms with Gasteiger partial charge < -0.3 is 24.6 Å². The van der Waals surface area contributed by atoms with E-state index < -0.39 is 17.8 Å². The number of hydroxylamine groups is 1. The van der Waals surface area contributed by atoms with Gasteiger partial charge >= 0.3 is 5.97 Å². The van der Waals surface area contributed by atoms with E-state index in [1.54, 1.807) is 17.6 Å². The average Bonchev–Trinajstić information content (AvgIpc) is 3.44. The molecule has 2 saturated heterocycles. The fourth-order valence-electron chi connectivity index (χ4n) is 5.43. The molecule has 4 unspecified atom stereocenters. The first-order valence-corrected chi connectivity index (χ1v) is 14.8. The maximum absolute atomic E-state index is 13.0. The Morgan fingerprint density at radius 1 is 1.02 bits per heavy atom. The summed E-state index contributed by atoms with van der Waals surface area (Å²) in [5.41, 5.74) is 4.05. The molecule has 2 aromatic rings. The SMILES string of the molecule is CC(C)(C)OC(=O)C1CCCN1CC1CC(c2ccc(CO)cc2)OC(c2cccc(NC(=O)CCCC(=O)NO)c2)O1. The summed E-state index contributed by atoms with van der Waals surface area (Å²) in [5.74, 6) is -1.01. The van der Waals surface area contributed by atoms with Crippen molar-refractivity contribution in [3.63, 3.8) is 0 Å². The van der Waals surface area contributed by atoms with Gasteiger partial charge in [-0.15, -0.1) is 0 Å². The van der Waals surface area contributed by atoms with Crippen molar-refractivity contribution in [2.75, 3.05) is 18.4 Å². The van der Waals surface area contributed by atoms with Gasteiger partial charge in [-0.25, -0.2) is 5.48 Å². The molecule has 4 atom stereocenters. The predicted octanol–water partition coefficient (Wildman–Crippen LogP) is 4.14. The molecule has 4 rings (SSSR count). The number of benzene rings is 2. The summed E-state index contributed by atoms with van der Waals surface area (Å²) in [6.45, 7) is 6.87. The lowest BCUT2D eigenvalue weighted by Gasteiger charge is -2.38. The second-order valence-electron chi connectivity index (χ2n) is 12.1. The summed E-state index contributed by atoms with van der Waals surface area (Å²) in [6, 6.07) is 14.6. The highest BCUT2D eigenvalue weighted by molar-refractivity contribution is 5.91. The smallest absolute Gasteiger partial charge is 0.323 e. The van der Waals surface area contributed by atoms with Crippen molar-refractivity contribution in [2.45, 2.75) is 96.0 Å². The zero-order valence-corrected chi connectivity index (χ0v) is 25.1. The molecule has 0 aliphatic carbocycles. The van der Waals surface area contributed by atoms with Crippen LogP contribution in [0.5, 0.6) is 0 Å². The number of rotatable bonds is 11. The lowest BCUT2D eigenvalue weighted by atomic mass is 9.99. The molecule has 4 N–H and O–H groups in total. The molecule has 2 aromatic carbocycles. The topological polar surface area (TPSA) is 147 Å². The van der Waals surface area contributed by atoms with Gasteiger partial charge in [0.2, 0.25) is 11.8 Å². The third-order valence-electron chi connectivity index (χ3n) is 7.47. The minimum absolute atomic E-state index is 0.0432. The van der Waals surface area contributed by atoms with Crippen molar-refractivity contribution in [1.82, 2.24) is 10.4 Å². The number of ether oxygens (including phenoxy) is 3. The average molecular weight is 598 g/mol. The monoisotopic (exact) mass is 597 g/mol. The number of nitrogens with zero attached hydrogens (tertiary/aromatic N) is 1. The molecule has 0 spiro atoms. The van der Waals surface area contributed by atoms with Crippen molar-refractivity contribution in [2.24, 2.45) is 0 Å². The van der Waals surface area contributed by atoms with Crippen LogP contribution in [0.15, 0.2) is 48.5 Å². The number of carbonyl (C=O) groups excluding carboxylic acids is 3. The number of nitrogens with one attached hydrogen (secondary N) is 2.